The van der Waals surface area contributed by atoms with Gasteiger partial charge in [0.2, 0.25) is 0 Å². The second kappa shape index (κ2) is 5.96. The number of hydrogen-bond acceptors (Lipinski definition) is 4. The van der Waals surface area contributed by atoms with Gasteiger partial charge in [0.05, 0.1) is 12.2 Å². The highest BCUT2D eigenvalue weighted by atomic mass is 19.1. The van der Waals surface area contributed by atoms with Gasteiger partial charge in [-0.3, -0.25) is 0 Å². The van der Waals surface area contributed by atoms with Crippen molar-refractivity contribution in [2.24, 2.45) is 0 Å². The van der Waals surface area contributed by atoms with E-state index >= 15 is 0 Å². The van der Waals surface area contributed by atoms with Gasteiger partial charge in [-0.05, 0) is 24.6 Å². The van der Waals surface area contributed by atoms with Crippen LogP contribution in [0.5, 0.6) is 0 Å². The topological polar surface area (TPSA) is 61.7 Å². The van der Waals surface area contributed by atoms with Crippen molar-refractivity contribution in [2.45, 2.75) is 31.2 Å². The fraction of sp³-hybridized carbons (Fsp3) is 0.571. The molecule has 0 radical (unpaired) electrons. The molecule has 106 valence electrons. The molecule has 0 spiro atoms. The lowest BCUT2D eigenvalue weighted by Gasteiger charge is -2.26. The van der Waals surface area contributed by atoms with Crippen molar-refractivity contribution in [1.82, 2.24) is 5.32 Å². The van der Waals surface area contributed by atoms with Crippen LogP contribution in [0.25, 0.3) is 0 Å². The van der Waals surface area contributed by atoms with Crippen LogP contribution >= 0.6 is 0 Å². The molecule has 1 aliphatic rings. The predicted molar refractivity (Wildman–Crippen MR) is 69.2 cm³/mol. The van der Waals surface area contributed by atoms with Gasteiger partial charge < -0.3 is 20.3 Å². The largest absolute Gasteiger partial charge is 0.387 e. The molecule has 5 heteroatoms. The summed E-state index contributed by atoms with van der Waals surface area (Å²) in [5, 5.41) is 23.2. The average Bonchev–Trinajstić information content (AvgIpc) is 2.70. The van der Waals surface area contributed by atoms with Gasteiger partial charge in [0, 0.05) is 26.1 Å². The summed E-state index contributed by atoms with van der Waals surface area (Å²) in [6, 6.07) is 5.88. The van der Waals surface area contributed by atoms with Crippen molar-refractivity contribution < 1.29 is 19.3 Å². The van der Waals surface area contributed by atoms with Crippen LogP contribution in [0.15, 0.2) is 24.3 Å². The number of rotatable bonds is 5. The number of aliphatic hydroxyl groups excluding tert-OH is 1. The smallest absolute Gasteiger partial charge is 0.123 e. The molecule has 0 bridgehead atoms. The van der Waals surface area contributed by atoms with Crippen LogP contribution < -0.4 is 5.32 Å². The monoisotopic (exact) mass is 269 g/mol. The molecule has 1 aromatic carbocycles. The standard InChI is InChI=1S/C14H20FNO3/c1-10-14(18,5-6-19-10)9-16-8-13(17)11-3-2-4-12(15)7-11/h2-4,7,10,13,16-18H,5-6,8-9H2,1H3. The first-order valence-electron chi connectivity index (χ1n) is 6.49. The van der Waals surface area contributed by atoms with Crippen LogP contribution in [0, 0.1) is 5.82 Å². The summed E-state index contributed by atoms with van der Waals surface area (Å²) in [6.07, 6.45) is -0.430. The van der Waals surface area contributed by atoms with E-state index in [1.54, 1.807) is 12.1 Å². The molecule has 2 rings (SSSR count). The molecule has 1 aromatic rings. The molecule has 1 saturated heterocycles. The SMILES string of the molecule is CC1OCCC1(O)CNCC(O)c1cccc(F)c1. The van der Waals surface area contributed by atoms with Gasteiger partial charge in [0.15, 0.2) is 0 Å². The highest BCUT2D eigenvalue weighted by Crippen LogP contribution is 2.24. The average molecular weight is 269 g/mol. The van der Waals surface area contributed by atoms with E-state index in [9.17, 15) is 14.6 Å². The summed E-state index contributed by atoms with van der Waals surface area (Å²) >= 11 is 0. The van der Waals surface area contributed by atoms with E-state index in [-0.39, 0.29) is 18.5 Å². The van der Waals surface area contributed by atoms with Gasteiger partial charge in [-0.15, -0.1) is 0 Å². The molecule has 1 fully saturated rings. The normalized spacial score (nSPS) is 28.5. The van der Waals surface area contributed by atoms with Crippen LogP contribution in [-0.2, 0) is 4.74 Å². The van der Waals surface area contributed by atoms with Crippen molar-refractivity contribution in [1.29, 1.82) is 0 Å². The van der Waals surface area contributed by atoms with E-state index in [1.165, 1.54) is 12.1 Å². The maximum atomic E-state index is 13.0. The zero-order valence-corrected chi connectivity index (χ0v) is 11.0. The van der Waals surface area contributed by atoms with E-state index in [2.05, 4.69) is 5.32 Å². The third-order valence-electron chi connectivity index (χ3n) is 3.66. The number of nitrogens with one attached hydrogen (secondary N) is 1. The van der Waals surface area contributed by atoms with Crippen molar-refractivity contribution in [3.63, 3.8) is 0 Å². The fourth-order valence-corrected chi connectivity index (χ4v) is 2.26. The minimum absolute atomic E-state index is 0.216. The molecule has 0 saturated carbocycles. The predicted octanol–water partition coefficient (Wildman–Crippen LogP) is 0.989. The third-order valence-corrected chi connectivity index (χ3v) is 3.66. The zero-order chi connectivity index (χ0) is 13.9. The fourth-order valence-electron chi connectivity index (χ4n) is 2.26. The maximum absolute atomic E-state index is 13.0. The van der Waals surface area contributed by atoms with E-state index in [0.717, 1.165) is 0 Å². The zero-order valence-electron chi connectivity index (χ0n) is 11.0. The van der Waals surface area contributed by atoms with E-state index in [0.29, 0.717) is 25.1 Å². The minimum Gasteiger partial charge on any atom is -0.387 e. The van der Waals surface area contributed by atoms with Gasteiger partial charge >= 0.3 is 0 Å². The molecule has 0 amide bonds. The highest BCUT2D eigenvalue weighted by Gasteiger charge is 2.39. The molecule has 3 N–H and O–H groups in total. The van der Waals surface area contributed by atoms with Crippen molar-refractivity contribution in [3.8, 4) is 0 Å². The Kier molecular flexibility index (Phi) is 4.52. The van der Waals surface area contributed by atoms with Crippen LogP contribution in [0.1, 0.15) is 25.0 Å². The summed E-state index contributed by atoms with van der Waals surface area (Å²) < 4.78 is 18.3. The Balaban J connectivity index is 1.82. The highest BCUT2D eigenvalue weighted by molar-refractivity contribution is 5.19. The number of hydrogen-bond donors (Lipinski definition) is 3. The summed E-state index contributed by atoms with van der Waals surface area (Å²) in [5.41, 5.74) is -0.364. The Hall–Kier alpha value is -1.01. The first-order valence-corrected chi connectivity index (χ1v) is 6.49. The molecule has 3 unspecified atom stereocenters. The Morgan fingerprint density at radius 1 is 1.58 bits per heavy atom. The molecule has 1 aliphatic heterocycles. The van der Waals surface area contributed by atoms with Gasteiger partial charge in [-0.1, -0.05) is 12.1 Å². The number of aliphatic hydroxyl groups is 2. The molecule has 4 nitrogen and oxygen atoms in total. The lowest BCUT2D eigenvalue weighted by Crippen LogP contribution is -2.46. The first-order chi connectivity index (χ1) is 9.01. The summed E-state index contributed by atoms with van der Waals surface area (Å²) in [7, 11) is 0. The van der Waals surface area contributed by atoms with Crippen LogP contribution in [0.3, 0.4) is 0 Å². The molecule has 0 aromatic heterocycles. The Bertz CT molecular complexity index is 429. The van der Waals surface area contributed by atoms with Crippen molar-refractivity contribution >= 4 is 0 Å². The molecular formula is C14H20FNO3. The Morgan fingerprint density at radius 2 is 2.37 bits per heavy atom. The maximum Gasteiger partial charge on any atom is 0.123 e. The van der Waals surface area contributed by atoms with Crippen molar-refractivity contribution in [2.75, 3.05) is 19.7 Å². The van der Waals surface area contributed by atoms with Crippen LogP contribution in [0.4, 0.5) is 4.39 Å². The van der Waals surface area contributed by atoms with E-state index < -0.39 is 11.7 Å². The summed E-state index contributed by atoms with van der Waals surface area (Å²) in [6.45, 7) is 2.99. The summed E-state index contributed by atoms with van der Waals surface area (Å²) in [4.78, 5) is 0. The lowest BCUT2D eigenvalue weighted by atomic mass is 9.96. The van der Waals surface area contributed by atoms with Crippen LogP contribution in [0.2, 0.25) is 0 Å². The van der Waals surface area contributed by atoms with Gasteiger partial charge in [-0.2, -0.15) is 0 Å². The molecule has 1 heterocycles. The Morgan fingerprint density at radius 3 is 3.00 bits per heavy atom. The molecular weight excluding hydrogens is 249 g/mol. The second-order valence-corrected chi connectivity index (χ2v) is 5.07. The summed E-state index contributed by atoms with van der Waals surface area (Å²) in [5.74, 6) is -0.368. The minimum atomic E-state index is -0.887. The lowest BCUT2D eigenvalue weighted by molar-refractivity contribution is -0.0274. The number of halogens is 1. The van der Waals surface area contributed by atoms with Gasteiger partial charge in [-0.25, -0.2) is 4.39 Å². The number of benzene rings is 1. The van der Waals surface area contributed by atoms with E-state index in [4.69, 9.17) is 4.74 Å². The molecule has 0 aliphatic carbocycles. The van der Waals surface area contributed by atoms with Gasteiger partial charge in [0.25, 0.3) is 0 Å². The molecule has 19 heavy (non-hydrogen) atoms. The van der Waals surface area contributed by atoms with E-state index in [1.807, 2.05) is 6.92 Å². The van der Waals surface area contributed by atoms with Crippen molar-refractivity contribution in [3.05, 3.63) is 35.6 Å². The number of ether oxygens (including phenoxy) is 1. The molecule has 3 atom stereocenters. The second-order valence-electron chi connectivity index (χ2n) is 5.07. The third kappa shape index (κ3) is 3.51. The van der Waals surface area contributed by atoms with Crippen LogP contribution in [-0.4, -0.2) is 41.6 Å². The van der Waals surface area contributed by atoms with Gasteiger partial charge in [0.1, 0.15) is 11.4 Å². The quantitative estimate of drug-likeness (QED) is 0.746. The first kappa shape index (κ1) is 14.4. The Labute approximate surface area is 112 Å².